The molecule has 2 rings (SSSR count). The van der Waals surface area contributed by atoms with Crippen LogP contribution >= 0.6 is 12.2 Å². The maximum absolute atomic E-state index is 12.2. The van der Waals surface area contributed by atoms with Crippen molar-refractivity contribution < 1.29 is 13.2 Å². The number of amides is 1. The number of hydrogen-bond acceptors (Lipinski definition) is 4. The van der Waals surface area contributed by atoms with Gasteiger partial charge in [-0.05, 0) is 54.7 Å². The second-order valence-corrected chi connectivity index (χ2v) is 6.78. The molecule has 1 amide bonds. The number of nitrogens with two attached hydrogens (primary N) is 1. The molecule has 0 spiro atoms. The molecule has 0 aliphatic rings. The fraction of sp³-hybridized carbons (Fsp3) is 0.0667. The van der Waals surface area contributed by atoms with Gasteiger partial charge in [-0.3, -0.25) is 4.79 Å². The van der Waals surface area contributed by atoms with Crippen LogP contribution in [0.15, 0.2) is 53.4 Å². The minimum atomic E-state index is -3.82. The van der Waals surface area contributed by atoms with Crippen molar-refractivity contribution in [3.63, 3.8) is 0 Å². The van der Waals surface area contributed by atoms with Crippen molar-refractivity contribution in [3.05, 3.63) is 54.1 Å². The molecular formula is C15H16N4O3S2. The van der Waals surface area contributed by atoms with E-state index in [1.807, 2.05) is 0 Å². The van der Waals surface area contributed by atoms with Crippen LogP contribution in [0.4, 0.5) is 11.4 Å². The molecule has 9 heteroatoms. The van der Waals surface area contributed by atoms with E-state index in [1.165, 1.54) is 18.2 Å². The number of rotatable bonds is 4. The summed E-state index contributed by atoms with van der Waals surface area (Å²) < 4.78 is 22.7. The van der Waals surface area contributed by atoms with Crippen molar-refractivity contribution >= 4 is 44.6 Å². The lowest BCUT2D eigenvalue weighted by atomic mass is 10.2. The SMILES string of the molecule is CNC(=S)Nc1ccc(C(=O)Nc2cccc(S(N)(=O)=O)c2)cc1. The smallest absolute Gasteiger partial charge is 0.255 e. The molecule has 0 aliphatic heterocycles. The molecule has 0 bridgehead atoms. The molecule has 0 heterocycles. The summed E-state index contributed by atoms with van der Waals surface area (Å²) in [6.45, 7) is 0. The van der Waals surface area contributed by atoms with Gasteiger partial charge in [0, 0.05) is 24.0 Å². The lowest BCUT2D eigenvalue weighted by molar-refractivity contribution is 0.102. The zero-order chi connectivity index (χ0) is 17.7. The van der Waals surface area contributed by atoms with Crippen molar-refractivity contribution in [3.8, 4) is 0 Å². The molecule has 126 valence electrons. The highest BCUT2D eigenvalue weighted by Gasteiger charge is 2.10. The fourth-order valence-electron chi connectivity index (χ4n) is 1.85. The Bertz CT molecular complexity index is 865. The van der Waals surface area contributed by atoms with Crippen LogP contribution in [0.1, 0.15) is 10.4 Å². The monoisotopic (exact) mass is 364 g/mol. The first-order valence-electron chi connectivity index (χ1n) is 6.82. The molecule has 5 N–H and O–H groups in total. The first-order chi connectivity index (χ1) is 11.3. The Labute approximate surface area is 145 Å². The third-order valence-electron chi connectivity index (χ3n) is 3.05. The van der Waals surface area contributed by atoms with Gasteiger partial charge in [0.05, 0.1) is 4.90 Å². The molecule has 0 atom stereocenters. The molecule has 2 aromatic carbocycles. The number of benzene rings is 2. The van der Waals surface area contributed by atoms with E-state index < -0.39 is 10.0 Å². The summed E-state index contributed by atoms with van der Waals surface area (Å²) in [7, 11) is -2.12. The van der Waals surface area contributed by atoms with Gasteiger partial charge in [-0.2, -0.15) is 0 Å². The third kappa shape index (κ3) is 4.75. The highest BCUT2D eigenvalue weighted by Crippen LogP contribution is 2.16. The Hall–Kier alpha value is -2.49. The minimum absolute atomic E-state index is 0.0691. The van der Waals surface area contributed by atoms with Gasteiger partial charge in [0.25, 0.3) is 5.91 Å². The Balaban J connectivity index is 2.11. The summed E-state index contributed by atoms with van der Waals surface area (Å²) >= 11 is 4.99. The number of nitrogens with one attached hydrogen (secondary N) is 3. The zero-order valence-corrected chi connectivity index (χ0v) is 14.4. The number of hydrogen-bond donors (Lipinski definition) is 4. The van der Waals surface area contributed by atoms with Gasteiger partial charge in [0.1, 0.15) is 0 Å². The summed E-state index contributed by atoms with van der Waals surface area (Å²) in [6.07, 6.45) is 0. The quantitative estimate of drug-likeness (QED) is 0.612. The summed E-state index contributed by atoms with van der Waals surface area (Å²) in [4.78, 5) is 12.1. The van der Waals surface area contributed by atoms with Gasteiger partial charge in [-0.25, -0.2) is 13.6 Å². The standard InChI is InChI=1S/C15H16N4O3S2/c1-17-15(23)19-11-7-5-10(6-8-11)14(20)18-12-3-2-4-13(9-12)24(16,21)22/h2-9H,1H3,(H,18,20)(H2,16,21,22)(H2,17,19,23). The molecule has 24 heavy (non-hydrogen) atoms. The second-order valence-electron chi connectivity index (χ2n) is 4.81. The van der Waals surface area contributed by atoms with Crippen molar-refractivity contribution in [2.75, 3.05) is 17.7 Å². The lowest BCUT2D eigenvalue weighted by Crippen LogP contribution is -2.24. The second kappa shape index (κ2) is 7.39. The van der Waals surface area contributed by atoms with Gasteiger partial charge in [0.15, 0.2) is 5.11 Å². The number of primary sulfonamides is 1. The van der Waals surface area contributed by atoms with Crippen LogP contribution in [0.25, 0.3) is 0 Å². The van der Waals surface area contributed by atoms with Crippen LogP contribution in [0.2, 0.25) is 0 Å². The van der Waals surface area contributed by atoms with Crippen molar-refractivity contribution in [2.45, 2.75) is 4.90 Å². The number of thiocarbonyl (C=S) groups is 1. The van der Waals surface area contributed by atoms with E-state index in [4.69, 9.17) is 17.4 Å². The average Bonchev–Trinajstić information content (AvgIpc) is 2.54. The molecule has 0 unspecified atom stereocenters. The summed E-state index contributed by atoms with van der Waals surface area (Å²) in [5.74, 6) is -0.371. The Morgan fingerprint density at radius 2 is 1.71 bits per heavy atom. The van der Waals surface area contributed by atoms with Gasteiger partial charge >= 0.3 is 0 Å². The van der Waals surface area contributed by atoms with Gasteiger partial charge < -0.3 is 16.0 Å². The van der Waals surface area contributed by atoms with Crippen molar-refractivity contribution in [1.82, 2.24) is 5.32 Å². The number of sulfonamides is 1. The van der Waals surface area contributed by atoms with Crippen molar-refractivity contribution in [2.24, 2.45) is 5.14 Å². The van der Waals surface area contributed by atoms with E-state index in [0.717, 1.165) is 5.69 Å². The van der Waals surface area contributed by atoms with Crippen LogP contribution < -0.4 is 21.1 Å². The highest BCUT2D eigenvalue weighted by atomic mass is 32.2. The molecule has 2 aromatic rings. The predicted molar refractivity (Wildman–Crippen MR) is 97.5 cm³/mol. The molecular weight excluding hydrogens is 348 g/mol. The Morgan fingerprint density at radius 3 is 2.29 bits per heavy atom. The Morgan fingerprint density at radius 1 is 1.04 bits per heavy atom. The van der Waals surface area contributed by atoms with Crippen LogP contribution in [0.3, 0.4) is 0 Å². The molecule has 0 aliphatic carbocycles. The van der Waals surface area contributed by atoms with Crippen LogP contribution in [0, 0.1) is 0 Å². The van der Waals surface area contributed by atoms with Crippen molar-refractivity contribution in [1.29, 1.82) is 0 Å². The molecule has 7 nitrogen and oxygen atoms in total. The predicted octanol–water partition coefficient (Wildman–Crippen LogP) is 1.50. The van der Waals surface area contributed by atoms with Gasteiger partial charge in [-0.15, -0.1) is 0 Å². The van der Waals surface area contributed by atoms with E-state index in [2.05, 4.69) is 16.0 Å². The maximum atomic E-state index is 12.2. The zero-order valence-electron chi connectivity index (χ0n) is 12.7. The van der Waals surface area contributed by atoms with E-state index in [0.29, 0.717) is 16.4 Å². The van der Waals surface area contributed by atoms with Gasteiger partial charge in [-0.1, -0.05) is 6.07 Å². The molecule has 0 radical (unpaired) electrons. The number of carbonyl (C=O) groups excluding carboxylic acids is 1. The molecule has 0 saturated carbocycles. The van der Waals surface area contributed by atoms with E-state index in [-0.39, 0.29) is 10.8 Å². The first-order valence-corrected chi connectivity index (χ1v) is 8.78. The average molecular weight is 364 g/mol. The van der Waals surface area contributed by atoms with Crippen LogP contribution in [-0.4, -0.2) is 26.5 Å². The van der Waals surface area contributed by atoms with E-state index in [9.17, 15) is 13.2 Å². The molecule has 0 saturated heterocycles. The molecule has 0 fully saturated rings. The first kappa shape index (κ1) is 17.9. The summed E-state index contributed by atoms with van der Waals surface area (Å²) in [6, 6.07) is 12.4. The van der Waals surface area contributed by atoms with Crippen LogP contribution in [0.5, 0.6) is 0 Å². The summed E-state index contributed by atoms with van der Waals surface area (Å²) in [5, 5.41) is 13.9. The van der Waals surface area contributed by atoms with E-state index >= 15 is 0 Å². The fourth-order valence-corrected chi connectivity index (χ4v) is 2.53. The van der Waals surface area contributed by atoms with E-state index in [1.54, 1.807) is 37.4 Å². The van der Waals surface area contributed by atoms with Gasteiger partial charge in [0.2, 0.25) is 10.0 Å². The molecule has 0 aromatic heterocycles. The maximum Gasteiger partial charge on any atom is 0.255 e. The largest absolute Gasteiger partial charge is 0.366 e. The lowest BCUT2D eigenvalue weighted by Gasteiger charge is -2.09. The topological polar surface area (TPSA) is 113 Å². The highest BCUT2D eigenvalue weighted by molar-refractivity contribution is 7.89. The van der Waals surface area contributed by atoms with Crippen LogP contribution in [-0.2, 0) is 10.0 Å². The normalized spacial score (nSPS) is 10.8. The Kier molecular flexibility index (Phi) is 5.50. The minimum Gasteiger partial charge on any atom is -0.366 e. The summed E-state index contributed by atoms with van der Waals surface area (Å²) in [5.41, 5.74) is 1.49. The third-order valence-corrected chi connectivity index (χ3v) is 4.27. The number of anilines is 2. The number of carbonyl (C=O) groups is 1.